The van der Waals surface area contributed by atoms with E-state index < -0.39 is 0 Å². The van der Waals surface area contributed by atoms with Gasteiger partial charge in [0.15, 0.2) is 0 Å². The zero-order valence-electron chi connectivity index (χ0n) is 29.1. The van der Waals surface area contributed by atoms with E-state index in [4.69, 9.17) is 9.47 Å². The Morgan fingerprint density at radius 3 is 1.34 bits per heavy atom. The minimum Gasteiger partial charge on any atom is -0.507 e. The SMILES string of the molecule is CC(C)Cc1cc(CCC(=O)OCCCCOC(=O)CCc2cc(C(C)(C)C)c(O)c(C(C)(C)C)c2)cc(CC(C)C)c1O. The van der Waals surface area contributed by atoms with Gasteiger partial charge in [0.1, 0.15) is 11.5 Å². The van der Waals surface area contributed by atoms with Crippen LogP contribution in [0.4, 0.5) is 0 Å². The van der Waals surface area contributed by atoms with Crippen molar-refractivity contribution in [1.29, 1.82) is 0 Å². The van der Waals surface area contributed by atoms with Crippen molar-refractivity contribution >= 4 is 11.9 Å². The second-order valence-corrected chi connectivity index (χ2v) is 15.1. The zero-order valence-corrected chi connectivity index (χ0v) is 29.1. The number of carbonyl (C=O) groups excluding carboxylic acids is 2. The van der Waals surface area contributed by atoms with Gasteiger partial charge >= 0.3 is 11.9 Å². The Labute approximate surface area is 266 Å². The molecule has 0 aromatic heterocycles. The molecule has 0 saturated carbocycles. The molecule has 2 rings (SSSR count). The highest BCUT2D eigenvalue weighted by atomic mass is 16.5. The van der Waals surface area contributed by atoms with Gasteiger partial charge in [-0.2, -0.15) is 0 Å². The van der Waals surface area contributed by atoms with Crippen molar-refractivity contribution in [1.82, 2.24) is 0 Å². The number of phenolic OH excluding ortho intramolecular Hbond substituents is 2. The predicted molar refractivity (Wildman–Crippen MR) is 178 cm³/mol. The fraction of sp³-hybridized carbons (Fsp3) is 0.632. The third kappa shape index (κ3) is 12.2. The van der Waals surface area contributed by atoms with Crippen LogP contribution in [0.15, 0.2) is 24.3 Å². The van der Waals surface area contributed by atoms with Gasteiger partial charge < -0.3 is 19.7 Å². The molecule has 0 bridgehead atoms. The number of aryl methyl sites for hydroxylation is 2. The van der Waals surface area contributed by atoms with Crippen molar-refractivity contribution in [2.45, 2.75) is 131 Å². The molecule has 246 valence electrons. The maximum absolute atomic E-state index is 12.4. The smallest absolute Gasteiger partial charge is 0.306 e. The van der Waals surface area contributed by atoms with Crippen molar-refractivity contribution in [2.24, 2.45) is 11.8 Å². The van der Waals surface area contributed by atoms with Crippen LogP contribution in [0.5, 0.6) is 11.5 Å². The molecule has 0 aliphatic carbocycles. The summed E-state index contributed by atoms with van der Waals surface area (Å²) in [5, 5.41) is 21.7. The van der Waals surface area contributed by atoms with E-state index in [2.05, 4.69) is 69.2 Å². The summed E-state index contributed by atoms with van der Waals surface area (Å²) in [5.74, 6) is 1.08. The fourth-order valence-corrected chi connectivity index (χ4v) is 5.36. The third-order valence-corrected chi connectivity index (χ3v) is 7.67. The largest absolute Gasteiger partial charge is 0.507 e. The molecule has 2 N–H and O–H groups in total. The van der Waals surface area contributed by atoms with Gasteiger partial charge in [0, 0.05) is 12.8 Å². The summed E-state index contributed by atoms with van der Waals surface area (Å²) in [6.45, 7) is 21.6. The zero-order chi connectivity index (χ0) is 33.2. The topological polar surface area (TPSA) is 93.1 Å². The number of esters is 2. The van der Waals surface area contributed by atoms with E-state index in [0.717, 1.165) is 46.2 Å². The normalized spacial score (nSPS) is 12.2. The molecule has 0 atom stereocenters. The summed E-state index contributed by atoms with van der Waals surface area (Å²) in [4.78, 5) is 24.8. The Hall–Kier alpha value is -3.02. The van der Waals surface area contributed by atoms with Gasteiger partial charge in [-0.15, -0.1) is 0 Å². The van der Waals surface area contributed by atoms with Gasteiger partial charge in [-0.1, -0.05) is 93.5 Å². The third-order valence-electron chi connectivity index (χ3n) is 7.67. The van der Waals surface area contributed by atoms with Crippen LogP contribution in [-0.2, 0) is 55.6 Å². The molecule has 0 aliphatic heterocycles. The van der Waals surface area contributed by atoms with Gasteiger partial charge in [0.2, 0.25) is 0 Å². The summed E-state index contributed by atoms with van der Waals surface area (Å²) in [6.07, 6.45) is 4.51. The standard InChI is InChI=1S/C38H58O6/c1-25(2)19-29-21-27(22-30(35(29)41)20-26(3)4)13-15-33(39)43-17-11-12-18-44-34(40)16-14-28-23-31(37(5,6)7)36(42)32(24-28)38(8,9)10/h21-26,41-42H,11-20H2,1-10H3. The van der Waals surface area contributed by atoms with Crippen molar-refractivity contribution in [2.75, 3.05) is 13.2 Å². The molecule has 0 saturated heterocycles. The molecule has 0 amide bonds. The van der Waals surface area contributed by atoms with E-state index in [1.807, 2.05) is 24.3 Å². The molecule has 0 aliphatic rings. The second-order valence-electron chi connectivity index (χ2n) is 15.1. The van der Waals surface area contributed by atoms with E-state index in [1.165, 1.54) is 0 Å². The van der Waals surface area contributed by atoms with Crippen molar-refractivity contribution in [3.8, 4) is 11.5 Å². The summed E-state index contributed by atoms with van der Waals surface area (Å²) in [6, 6.07) is 8.05. The molecular formula is C38H58O6. The Morgan fingerprint density at radius 1 is 0.636 bits per heavy atom. The number of hydrogen-bond donors (Lipinski definition) is 2. The molecule has 0 heterocycles. The molecule has 0 radical (unpaired) electrons. The number of benzene rings is 2. The summed E-state index contributed by atoms with van der Waals surface area (Å²) < 4.78 is 10.9. The maximum atomic E-state index is 12.4. The number of ether oxygens (including phenoxy) is 2. The molecule has 0 fully saturated rings. The van der Waals surface area contributed by atoms with E-state index in [1.54, 1.807) is 0 Å². The summed E-state index contributed by atoms with van der Waals surface area (Å²) >= 11 is 0. The monoisotopic (exact) mass is 610 g/mol. The van der Waals surface area contributed by atoms with E-state index in [0.29, 0.717) is 55.6 Å². The maximum Gasteiger partial charge on any atom is 0.306 e. The Bertz CT molecular complexity index is 1180. The highest BCUT2D eigenvalue weighted by Crippen LogP contribution is 2.40. The average molecular weight is 611 g/mol. The minimum absolute atomic E-state index is 0.219. The first-order valence-corrected chi connectivity index (χ1v) is 16.4. The number of unbranched alkanes of at least 4 members (excludes halogenated alkanes) is 1. The van der Waals surface area contributed by atoms with Crippen molar-refractivity contribution < 1.29 is 29.3 Å². The van der Waals surface area contributed by atoms with E-state index >= 15 is 0 Å². The van der Waals surface area contributed by atoms with Gasteiger partial charge in [-0.25, -0.2) is 0 Å². The van der Waals surface area contributed by atoms with Crippen LogP contribution in [0.25, 0.3) is 0 Å². The lowest BCUT2D eigenvalue weighted by Crippen LogP contribution is -2.18. The van der Waals surface area contributed by atoms with Crippen LogP contribution in [-0.4, -0.2) is 35.4 Å². The Kier molecular flexibility index (Phi) is 13.8. The van der Waals surface area contributed by atoms with Crippen LogP contribution in [0, 0.1) is 11.8 Å². The van der Waals surface area contributed by atoms with Crippen LogP contribution < -0.4 is 0 Å². The highest BCUT2D eigenvalue weighted by molar-refractivity contribution is 5.70. The molecule has 6 nitrogen and oxygen atoms in total. The van der Waals surface area contributed by atoms with Gasteiger partial charge in [0.25, 0.3) is 0 Å². The van der Waals surface area contributed by atoms with Crippen LogP contribution in [0.2, 0.25) is 0 Å². The predicted octanol–water partition coefficient (Wildman–Crippen LogP) is 8.52. The minimum atomic E-state index is -0.257. The lowest BCUT2D eigenvalue weighted by atomic mass is 9.78. The van der Waals surface area contributed by atoms with Crippen LogP contribution in [0.1, 0.15) is 128 Å². The van der Waals surface area contributed by atoms with Gasteiger partial charge in [-0.05, 0) is 94.6 Å². The van der Waals surface area contributed by atoms with Crippen molar-refractivity contribution in [3.63, 3.8) is 0 Å². The number of hydrogen-bond acceptors (Lipinski definition) is 6. The number of rotatable bonds is 15. The lowest BCUT2D eigenvalue weighted by molar-refractivity contribution is -0.146. The number of aromatic hydroxyl groups is 2. The number of phenols is 2. The average Bonchev–Trinajstić information content (AvgIpc) is 2.89. The van der Waals surface area contributed by atoms with Gasteiger partial charge in [0.05, 0.1) is 13.2 Å². The molecule has 2 aromatic rings. The highest BCUT2D eigenvalue weighted by Gasteiger charge is 2.26. The number of carbonyl (C=O) groups is 2. The van der Waals surface area contributed by atoms with E-state index in [-0.39, 0.29) is 42.2 Å². The molecule has 0 unspecified atom stereocenters. The second kappa shape index (κ2) is 16.3. The lowest BCUT2D eigenvalue weighted by Gasteiger charge is -2.28. The van der Waals surface area contributed by atoms with Crippen LogP contribution in [0.3, 0.4) is 0 Å². The quantitative estimate of drug-likeness (QED) is 0.155. The molecule has 44 heavy (non-hydrogen) atoms. The first-order chi connectivity index (χ1) is 20.4. The Balaban J connectivity index is 1.77. The van der Waals surface area contributed by atoms with Gasteiger partial charge in [-0.3, -0.25) is 9.59 Å². The fourth-order valence-electron chi connectivity index (χ4n) is 5.36. The summed E-state index contributed by atoms with van der Waals surface area (Å²) in [7, 11) is 0. The van der Waals surface area contributed by atoms with Crippen molar-refractivity contribution in [3.05, 3.63) is 57.6 Å². The molecule has 2 aromatic carbocycles. The summed E-state index contributed by atoms with van der Waals surface area (Å²) in [5.41, 5.74) is 5.30. The Morgan fingerprint density at radius 2 is 1.00 bits per heavy atom. The first kappa shape index (κ1) is 37.2. The van der Waals surface area contributed by atoms with Crippen LogP contribution >= 0.6 is 0 Å². The first-order valence-electron chi connectivity index (χ1n) is 16.4. The van der Waals surface area contributed by atoms with E-state index in [9.17, 15) is 19.8 Å². The molecule has 0 spiro atoms. The molecular weight excluding hydrogens is 552 g/mol. The molecule has 6 heteroatoms.